The molecule has 0 bridgehead atoms. The van der Waals surface area contributed by atoms with Crippen LogP contribution in [-0.2, 0) is 14.3 Å². The van der Waals surface area contributed by atoms with Crippen LogP contribution in [0.3, 0.4) is 0 Å². The molecule has 0 unspecified atom stereocenters. The predicted octanol–water partition coefficient (Wildman–Crippen LogP) is 3.11. The van der Waals surface area contributed by atoms with Gasteiger partial charge in [-0.05, 0) is 12.8 Å². The number of Topliss-reactive ketones (excluding diaryl/α,β-unsaturated/α-hetero) is 1. The summed E-state index contributed by atoms with van der Waals surface area (Å²) in [5.74, 6) is -0.153. The van der Waals surface area contributed by atoms with Gasteiger partial charge >= 0.3 is 5.97 Å². The van der Waals surface area contributed by atoms with Crippen LogP contribution in [0.2, 0.25) is 0 Å². The zero-order chi connectivity index (χ0) is 12.8. The van der Waals surface area contributed by atoms with Gasteiger partial charge in [0.25, 0.3) is 0 Å². The molecule has 94 valence electrons. The van der Waals surface area contributed by atoms with Crippen molar-refractivity contribution in [2.75, 3.05) is 0 Å². The summed E-state index contributed by atoms with van der Waals surface area (Å²) >= 11 is 0. The maximum absolute atomic E-state index is 11.6. The number of rotatable bonds is 6. The molecule has 3 heteroatoms. The van der Waals surface area contributed by atoms with Gasteiger partial charge in [0, 0.05) is 11.8 Å². The predicted molar refractivity (Wildman–Crippen MR) is 64.2 cm³/mol. The second kappa shape index (κ2) is 6.66. The fraction of sp³-hybridized carbons (Fsp3) is 0.846. The molecule has 0 aromatic rings. The maximum Gasteiger partial charge on any atom is 0.306 e. The molecule has 0 N–H and O–H groups in total. The number of esters is 1. The summed E-state index contributed by atoms with van der Waals surface area (Å²) in [6.07, 6.45) is 2.14. The Kier molecular flexibility index (Phi) is 6.31. The molecule has 0 aromatic carbocycles. The monoisotopic (exact) mass is 228 g/mol. The normalized spacial score (nSPS) is 11.6. The first-order valence-corrected chi connectivity index (χ1v) is 6.04. The van der Waals surface area contributed by atoms with Crippen molar-refractivity contribution >= 4 is 11.8 Å². The highest BCUT2D eigenvalue weighted by atomic mass is 16.5. The highest BCUT2D eigenvalue weighted by Gasteiger charge is 2.22. The van der Waals surface area contributed by atoms with Crippen LogP contribution >= 0.6 is 0 Å². The van der Waals surface area contributed by atoms with Gasteiger partial charge in [0.1, 0.15) is 11.9 Å². The Morgan fingerprint density at radius 1 is 1.06 bits per heavy atom. The molecule has 0 aliphatic heterocycles. The standard InChI is InChI=1S/C13H24O3/c1-6-10(7-2)16-12(15)9-8-11(14)13(3,4)5/h10H,6-9H2,1-5H3. The van der Waals surface area contributed by atoms with Crippen LogP contribution in [-0.4, -0.2) is 17.9 Å². The smallest absolute Gasteiger partial charge is 0.306 e. The molecule has 0 saturated carbocycles. The van der Waals surface area contributed by atoms with Crippen molar-refractivity contribution in [2.45, 2.75) is 66.4 Å². The molecule has 0 rings (SSSR count). The summed E-state index contributed by atoms with van der Waals surface area (Å²) in [5.41, 5.74) is -0.366. The third kappa shape index (κ3) is 5.89. The van der Waals surface area contributed by atoms with Gasteiger partial charge in [-0.2, -0.15) is 0 Å². The molecule has 0 spiro atoms. The lowest BCUT2D eigenvalue weighted by Gasteiger charge is -2.17. The molecule has 0 radical (unpaired) electrons. The first-order valence-electron chi connectivity index (χ1n) is 6.04. The molecule has 0 amide bonds. The highest BCUT2D eigenvalue weighted by Crippen LogP contribution is 2.18. The SMILES string of the molecule is CCC(CC)OC(=O)CCC(=O)C(C)(C)C. The number of hydrogen-bond donors (Lipinski definition) is 0. The highest BCUT2D eigenvalue weighted by molar-refractivity contribution is 5.86. The van der Waals surface area contributed by atoms with Crippen molar-refractivity contribution in [1.82, 2.24) is 0 Å². The van der Waals surface area contributed by atoms with Crippen molar-refractivity contribution in [1.29, 1.82) is 0 Å². The summed E-state index contributed by atoms with van der Waals surface area (Å²) in [4.78, 5) is 23.0. The first-order chi connectivity index (χ1) is 7.31. The number of ether oxygens (including phenoxy) is 1. The van der Waals surface area contributed by atoms with Crippen LogP contribution in [0, 0.1) is 5.41 Å². The second-order valence-corrected chi connectivity index (χ2v) is 5.10. The van der Waals surface area contributed by atoms with E-state index in [1.807, 2.05) is 34.6 Å². The summed E-state index contributed by atoms with van der Waals surface area (Å²) in [6, 6.07) is 0. The van der Waals surface area contributed by atoms with Gasteiger partial charge in [-0.3, -0.25) is 9.59 Å². The molecule has 3 nitrogen and oxygen atoms in total. The zero-order valence-electron chi connectivity index (χ0n) is 11.1. The lowest BCUT2D eigenvalue weighted by molar-refractivity contribution is -0.150. The van der Waals surface area contributed by atoms with Crippen molar-refractivity contribution < 1.29 is 14.3 Å². The van der Waals surface area contributed by atoms with Crippen LogP contribution in [0.4, 0.5) is 0 Å². The Hall–Kier alpha value is -0.860. The molecule has 0 aliphatic carbocycles. The van der Waals surface area contributed by atoms with Gasteiger partial charge < -0.3 is 4.74 Å². The quantitative estimate of drug-likeness (QED) is 0.656. The van der Waals surface area contributed by atoms with Gasteiger partial charge in [0.2, 0.25) is 0 Å². The van der Waals surface area contributed by atoms with Gasteiger partial charge in [0.15, 0.2) is 0 Å². The van der Waals surface area contributed by atoms with E-state index in [4.69, 9.17) is 4.74 Å². The second-order valence-electron chi connectivity index (χ2n) is 5.10. The Balaban J connectivity index is 3.95. The van der Waals surface area contributed by atoms with Gasteiger partial charge in [0.05, 0.1) is 6.42 Å². The average Bonchev–Trinajstić information content (AvgIpc) is 2.20. The van der Waals surface area contributed by atoms with E-state index in [0.29, 0.717) is 0 Å². The van der Waals surface area contributed by atoms with Gasteiger partial charge in [-0.25, -0.2) is 0 Å². The average molecular weight is 228 g/mol. The van der Waals surface area contributed by atoms with E-state index in [0.717, 1.165) is 12.8 Å². The van der Waals surface area contributed by atoms with Crippen LogP contribution in [0.25, 0.3) is 0 Å². The molecule has 0 aromatic heterocycles. The van der Waals surface area contributed by atoms with Gasteiger partial charge in [-0.1, -0.05) is 34.6 Å². The molecular weight excluding hydrogens is 204 g/mol. The lowest BCUT2D eigenvalue weighted by Crippen LogP contribution is -2.22. The van der Waals surface area contributed by atoms with Crippen molar-refractivity contribution in [3.05, 3.63) is 0 Å². The minimum atomic E-state index is -0.366. The molecule has 0 atom stereocenters. The van der Waals surface area contributed by atoms with E-state index in [9.17, 15) is 9.59 Å². The number of carbonyl (C=O) groups excluding carboxylic acids is 2. The van der Waals surface area contributed by atoms with Crippen molar-refractivity contribution in [2.24, 2.45) is 5.41 Å². The zero-order valence-corrected chi connectivity index (χ0v) is 11.1. The van der Waals surface area contributed by atoms with Crippen LogP contribution in [0.15, 0.2) is 0 Å². The lowest BCUT2D eigenvalue weighted by atomic mass is 9.88. The van der Waals surface area contributed by atoms with Crippen molar-refractivity contribution in [3.63, 3.8) is 0 Å². The maximum atomic E-state index is 11.6. The van der Waals surface area contributed by atoms with E-state index in [2.05, 4.69) is 0 Å². The van der Waals surface area contributed by atoms with Crippen LogP contribution < -0.4 is 0 Å². The Labute approximate surface area is 98.6 Å². The summed E-state index contributed by atoms with van der Waals surface area (Å²) in [5, 5.41) is 0. The number of hydrogen-bond acceptors (Lipinski definition) is 3. The third-order valence-electron chi connectivity index (χ3n) is 2.60. The van der Waals surface area contributed by atoms with E-state index in [-0.39, 0.29) is 36.1 Å². The minimum Gasteiger partial charge on any atom is -0.462 e. The Morgan fingerprint density at radius 2 is 1.56 bits per heavy atom. The summed E-state index contributed by atoms with van der Waals surface area (Å²) in [6.45, 7) is 9.56. The van der Waals surface area contributed by atoms with E-state index >= 15 is 0 Å². The van der Waals surface area contributed by atoms with E-state index < -0.39 is 0 Å². The molecule has 16 heavy (non-hydrogen) atoms. The van der Waals surface area contributed by atoms with E-state index in [1.54, 1.807) is 0 Å². The van der Waals surface area contributed by atoms with Crippen LogP contribution in [0.5, 0.6) is 0 Å². The van der Waals surface area contributed by atoms with E-state index in [1.165, 1.54) is 0 Å². The topological polar surface area (TPSA) is 43.4 Å². The Morgan fingerprint density at radius 3 is 1.94 bits per heavy atom. The Bertz CT molecular complexity index is 234. The molecule has 0 heterocycles. The number of carbonyl (C=O) groups is 2. The molecule has 0 aliphatic rings. The largest absolute Gasteiger partial charge is 0.462 e. The first kappa shape index (κ1) is 15.1. The molecule has 0 fully saturated rings. The molecular formula is C13H24O3. The van der Waals surface area contributed by atoms with Crippen molar-refractivity contribution in [3.8, 4) is 0 Å². The minimum absolute atomic E-state index is 0.00256. The number of ketones is 1. The fourth-order valence-electron chi connectivity index (χ4n) is 1.29. The summed E-state index contributed by atoms with van der Waals surface area (Å²) in [7, 11) is 0. The third-order valence-corrected chi connectivity index (χ3v) is 2.60. The van der Waals surface area contributed by atoms with Gasteiger partial charge in [-0.15, -0.1) is 0 Å². The summed E-state index contributed by atoms with van der Waals surface area (Å²) < 4.78 is 5.22. The fourth-order valence-corrected chi connectivity index (χ4v) is 1.29. The molecule has 0 saturated heterocycles. The van der Waals surface area contributed by atoms with Crippen LogP contribution in [0.1, 0.15) is 60.3 Å².